The van der Waals surface area contributed by atoms with Crippen molar-refractivity contribution in [1.82, 2.24) is 4.90 Å². The summed E-state index contributed by atoms with van der Waals surface area (Å²) in [5.74, 6) is 0. The summed E-state index contributed by atoms with van der Waals surface area (Å²) >= 11 is 0. The van der Waals surface area contributed by atoms with Crippen molar-refractivity contribution in [1.29, 1.82) is 0 Å². The SMILES string of the molecule is CCCN(CCC=O)CCCCCO. The summed E-state index contributed by atoms with van der Waals surface area (Å²) < 4.78 is 0. The highest BCUT2D eigenvalue weighted by Crippen LogP contribution is 2.00. The number of carbonyl (C=O) groups excluding carboxylic acids is 1. The van der Waals surface area contributed by atoms with Crippen LogP contribution in [-0.2, 0) is 4.79 Å². The maximum absolute atomic E-state index is 10.2. The van der Waals surface area contributed by atoms with Crippen LogP contribution in [0.25, 0.3) is 0 Å². The first kappa shape index (κ1) is 13.6. The van der Waals surface area contributed by atoms with Crippen LogP contribution >= 0.6 is 0 Å². The molecule has 0 aromatic carbocycles. The Balaban J connectivity index is 3.45. The highest BCUT2D eigenvalue weighted by atomic mass is 16.2. The lowest BCUT2D eigenvalue weighted by atomic mass is 10.2. The minimum atomic E-state index is 0.294. The van der Waals surface area contributed by atoms with Crippen LogP contribution in [0.2, 0.25) is 0 Å². The number of aliphatic hydroxyl groups excluding tert-OH is 1. The summed E-state index contributed by atoms with van der Waals surface area (Å²) in [5, 5.41) is 8.62. The summed E-state index contributed by atoms with van der Waals surface area (Å²) in [6.45, 7) is 5.47. The van der Waals surface area contributed by atoms with E-state index in [1.54, 1.807) is 0 Å². The molecule has 0 fully saturated rings. The molecule has 0 saturated carbocycles. The summed E-state index contributed by atoms with van der Waals surface area (Å²) in [6, 6.07) is 0. The second-order valence-corrected chi connectivity index (χ2v) is 3.58. The molecule has 0 aromatic rings. The van der Waals surface area contributed by atoms with Gasteiger partial charge in [-0.05, 0) is 38.8 Å². The fraction of sp³-hybridized carbons (Fsp3) is 0.909. The Labute approximate surface area is 87.1 Å². The van der Waals surface area contributed by atoms with Gasteiger partial charge in [-0.15, -0.1) is 0 Å². The standard InChI is InChI=1S/C11H23NO2/c1-2-7-12(9-6-11-14)8-4-3-5-10-13/h11,13H,2-10H2,1H3. The Morgan fingerprint density at radius 1 is 1.14 bits per heavy atom. The zero-order valence-electron chi connectivity index (χ0n) is 9.24. The van der Waals surface area contributed by atoms with Gasteiger partial charge in [0.05, 0.1) is 0 Å². The van der Waals surface area contributed by atoms with Crippen molar-refractivity contribution in [2.75, 3.05) is 26.2 Å². The first-order chi connectivity index (χ1) is 6.85. The summed E-state index contributed by atoms with van der Waals surface area (Å²) in [6.07, 6.45) is 5.86. The topological polar surface area (TPSA) is 40.5 Å². The molecule has 0 amide bonds. The average molecular weight is 201 g/mol. The first-order valence-electron chi connectivity index (χ1n) is 5.62. The zero-order chi connectivity index (χ0) is 10.6. The number of carbonyl (C=O) groups is 1. The lowest BCUT2D eigenvalue weighted by molar-refractivity contribution is -0.108. The minimum absolute atomic E-state index is 0.294. The van der Waals surface area contributed by atoms with Crippen molar-refractivity contribution in [2.24, 2.45) is 0 Å². The van der Waals surface area contributed by atoms with Crippen molar-refractivity contribution >= 4 is 6.29 Å². The number of hydrogen-bond donors (Lipinski definition) is 1. The highest BCUT2D eigenvalue weighted by molar-refractivity contribution is 5.49. The lowest BCUT2D eigenvalue weighted by Gasteiger charge is -2.20. The molecule has 3 heteroatoms. The van der Waals surface area contributed by atoms with Gasteiger partial charge in [0, 0.05) is 19.6 Å². The van der Waals surface area contributed by atoms with Crippen LogP contribution in [0.1, 0.15) is 39.0 Å². The number of aldehydes is 1. The van der Waals surface area contributed by atoms with Gasteiger partial charge in [-0.1, -0.05) is 6.92 Å². The molecule has 0 aromatic heterocycles. The Morgan fingerprint density at radius 3 is 2.50 bits per heavy atom. The molecule has 84 valence electrons. The van der Waals surface area contributed by atoms with Gasteiger partial charge in [-0.2, -0.15) is 0 Å². The Kier molecular flexibility index (Phi) is 10.4. The van der Waals surface area contributed by atoms with E-state index in [9.17, 15) is 4.79 Å². The first-order valence-corrected chi connectivity index (χ1v) is 5.62. The minimum Gasteiger partial charge on any atom is -0.396 e. The van der Waals surface area contributed by atoms with Crippen LogP contribution in [0.5, 0.6) is 0 Å². The van der Waals surface area contributed by atoms with Gasteiger partial charge < -0.3 is 14.8 Å². The summed E-state index contributed by atoms with van der Waals surface area (Å²) in [7, 11) is 0. The molecular weight excluding hydrogens is 178 g/mol. The van der Waals surface area contributed by atoms with Crippen molar-refractivity contribution in [2.45, 2.75) is 39.0 Å². The molecule has 0 atom stereocenters. The molecule has 14 heavy (non-hydrogen) atoms. The zero-order valence-corrected chi connectivity index (χ0v) is 9.24. The van der Waals surface area contributed by atoms with Crippen LogP contribution in [0, 0.1) is 0 Å². The van der Waals surface area contributed by atoms with E-state index in [4.69, 9.17) is 5.11 Å². The predicted molar refractivity (Wildman–Crippen MR) is 58.3 cm³/mol. The quantitative estimate of drug-likeness (QED) is 0.429. The number of unbranched alkanes of at least 4 members (excludes halogenated alkanes) is 2. The van der Waals surface area contributed by atoms with E-state index >= 15 is 0 Å². The normalized spacial score (nSPS) is 10.8. The third-order valence-corrected chi connectivity index (χ3v) is 2.24. The van der Waals surface area contributed by atoms with Gasteiger partial charge >= 0.3 is 0 Å². The molecule has 0 heterocycles. The van der Waals surface area contributed by atoms with Crippen molar-refractivity contribution in [3.63, 3.8) is 0 Å². The Bertz CT molecular complexity index is 128. The van der Waals surface area contributed by atoms with Crippen LogP contribution in [0.3, 0.4) is 0 Å². The molecule has 0 aliphatic heterocycles. The number of rotatable bonds is 10. The molecule has 0 aliphatic carbocycles. The molecule has 0 aliphatic rings. The molecule has 0 spiro atoms. The van der Waals surface area contributed by atoms with E-state index in [1.807, 2.05) is 0 Å². The summed E-state index contributed by atoms with van der Waals surface area (Å²) in [4.78, 5) is 12.6. The number of nitrogens with zero attached hydrogens (tertiary/aromatic N) is 1. The molecular formula is C11H23NO2. The van der Waals surface area contributed by atoms with E-state index < -0.39 is 0 Å². The second-order valence-electron chi connectivity index (χ2n) is 3.58. The Morgan fingerprint density at radius 2 is 1.93 bits per heavy atom. The molecule has 0 saturated heterocycles. The maximum atomic E-state index is 10.2. The average Bonchev–Trinajstić information content (AvgIpc) is 2.20. The van der Waals surface area contributed by atoms with Gasteiger partial charge in [-0.3, -0.25) is 0 Å². The van der Waals surface area contributed by atoms with E-state index in [2.05, 4.69) is 11.8 Å². The van der Waals surface area contributed by atoms with E-state index in [0.29, 0.717) is 13.0 Å². The summed E-state index contributed by atoms with van der Waals surface area (Å²) in [5.41, 5.74) is 0. The number of aliphatic hydroxyl groups is 1. The molecule has 0 bridgehead atoms. The van der Waals surface area contributed by atoms with Gasteiger partial charge in [0.1, 0.15) is 6.29 Å². The molecule has 0 radical (unpaired) electrons. The third kappa shape index (κ3) is 8.20. The maximum Gasteiger partial charge on any atom is 0.121 e. The smallest absolute Gasteiger partial charge is 0.121 e. The van der Waals surface area contributed by atoms with Crippen LogP contribution in [0.4, 0.5) is 0 Å². The monoisotopic (exact) mass is 201 g/mol. The number of hydrogen-bond acceptors (Lipinski definition) is 3. The van der Waals surface area contributed by atoms with Crippen molar-refractivity contribution < 1.29 is 9.90 Å². The molecule has 3 nitrogen and oxygen atoms in total. The van der Waals surface area contributed by atoms with Gasteiger partial charge in [0.2, 0.25) is 0 Å². The van der Waals surface area contributed by atoms with Crippen molar-refractivity contribution in [3.05, 3.63) is 0 Å². The fourth-order valence-corrected chi connectivity index (χ4v) is 1.51. The van der Waals surface area contributed by atoms with E-state index in [0.717, 1.165) is 51.6 Å². The van der Waals surface area contributed by atoms with Gasteiger partial charge in [0.15, 0.2) is 0 Å². The van der Waals surface area contributed by atoms with Crippen LogP contribution in [-0.4, -0.2) is 42.5 Å². The van der Waals surface area contributed by atoms with E-state index in [1.165, 1.54) is 0 Å². The van der Waals surface area contributed by atoms with Gasteiger partial charge in [-0.25, -0.2) is 0 Å². The second kappa shape index (κ2) is 10.7. The third-order valence-electron chi connectivity index (χ3n) is 2.24. The fourth-order valence-electron chi connectivity index (χ4n) is 1.51. The lowest BCUT2D eigenvalue weighted by Crippen LogP contribution is -2.27. The largest absolute Gasteiger partial charge is 0.396 e. The highest BCUT2D eigenvalue weighted by Gasteiger charge is 2.02. The van der Waals surface area contributed by atoms with Crippen LogP contribution in [0.15, 0.2) is 0 Å². The van der Waals surface area contributed by atoms with Crippen LogP contribution < -0.4 is 0 Å². The Hall–Kier alpha value is -0.410. The van der Waals surface area contributed by atoms with Gasteiger partial charge in [0.25, 0.3) is 0 Å². The van der Waals surface area contributed by atoms with E-state index in [-0.39, 0.29) is 0 Å². The molecule has 1 N–H and O–H groups in total. The molecule has 0 rings (SSSR count). The predicted octanol–water partition coefficient (Wildman–Crippen LogP) is 1.45. The molecule has 0 unspecified atom stereocenters. The van der Waals surface area contributed by atoms with Crippen molar-refractivity contribution in [3.8, 4) is 0 Å².